The molecule has 0 radical (unpaired) electrons. The van der Waals surface area contributed by atoms with Crippen LogP contribution in [-0.2, 0) is 4.79 Å². The van der Waals surface area contributed by atoms with Gasteiger partial charge in [0.1, 0.15) is 23.4 Å². The summed E-state index contributed by atoms with van der Waals surface area (Å²) >= 11 is 1.56. The third kappa shape index (κ3) is 2.92. The number of aromatic nitrogens is 6. The van der Waals surface area contributed by atoms with E-state index in [1.165, 1.54) is 6.33 Å². The van der Waals surface area contributed by atoms with Crippen LogP contribution in [0.5, 0.6) is 5.75 Å². The number of amides is 1. The zero-order valence-corrected chi connectivity index (χ0v) is 16.5. The Morgan fingerprint density at radius 3 is 3.03 bits per heavy atom. The Hall–Kier alpha value is -3.40. The van der Waals surface area contributed by atoms with Gasteiger partial charge in [0.25, 0.3) is 0 Å². The zero-order valence-electron chi connectivity index (χ0n) is 15.7. The van der Waals surface area contributed by atoms with Crippen LogP contribution in [0.1, 0.15) is 22.1 Å². The summed E-state index contributed by atoms with van der Waals surface area (Å²) in [5.41, 5.74) is 4.00. The van der Waals surface area contributed by atoms with Crippen molar-refractivity contribution in [2.75, 3.05) is 18.2 Å². The summed E-state index contributed by atoms with van der Waals surface area (Å²) < 4.78 is 7.05. The SMILES string of the molecule is COc1cccc(C2SCC(=O)Nc3c2c(C)nn3-c2ncnc3nc[nH]c23)c1. The van der Waals surface area contributed by atoms with Crippen LogP contribution in [-0.4, -0.2) is 48.5 Å². The first-order chi connectivity index (χ1) is 14.2. The minimum Gasteiger partial charge on any atom is -0.497 e. The van der Waals surface area contributed by atoms with E-state index in [2.05, 4.69) is 25.3 Å². The number of hydrogen-bond donors (Lipinski definition) is 2. The minimum atomic E-state index is -0.0855. The molecule has 1 aliphatic heterocycles. The first kappa shape index (κ1) is 17.7. The molecule has 2 N–H and O–H groups in total. The first-order valence-corrected chi connectivity index (χ1v) is 10.00. The van der Waals surface area contributed by atoms with Crippen LogP contribution >= 0.6 is 11.8 Å². The van der Waals surface area contributed by atoms with Crippen LogP contribution in [0.2, 0.25) is 0 Å². The van der Waals surface area contributed by atoms with E-state index in [-0.39, 0.29) is 11.2 Å². The van der Waals surface area contributed by atoms with E-state index in [1.807, 2.05) is 31.2 Å². The fraction of sp³-hybridized carbons (Fsp3) is 0.211. The van der Waals surface area contributed by atoms with Crippen LogP contribution in [0.15, 0.2) is 36.9 Å². The number of rotatable bonds is 3. The van der Waals surface area contributed by atoms with Crippen molar-refractivity contribution >= 4 is 34.7 Å². The third-order valence-electron chi connectivity index (χ3n) is 4.81. The van der Waals surface area contributed by atoms with Gasteiger partial charge in [-0.15, -0.1) is 11.8 Å². The van der Waals surface area contributed by atoms with Crippen LogP contribution in [0.25, 0.3) is 17.0 Å². The number of aryl methyl sites for hydroxylation is 1. The van der Waals surface area contributed by atoms with Crippen LogP contribution in [0.4, 0.5) is 5.82 Å². The molecule has 0 bridgehead atoms. The Kier molecular flexibility index (Phi) is 4.20. The number of anilines is 1. The van der Waals surface area contributed by atoms with Gasteiger partial charge < -0.3 is 15.0 Å². The second-order valence-corrected chi connectivity index (χ2v) is 7.67. The number of carbonyl (C=O) groups excluding carboxylic acids is 1. The molecule has 146 valence electrons. The second-order valence-electron chi connectivity index (χ2n) is 6.57. The molecule has 1 aliphatic rings. The Bertz CT molecular complexity index is 1230. The van der Waals surface area contributed by atoms with E-state index in [0.29, 0.717) is 28.6 Å². The largest absolute Gasteiger partial charge is 0.497 e. The Morgan fingerprint density at radius 2 is 2.17 bits per heavy atom. The number of hydrogen-bond acceptors (Lipinski definition) is 7. The van der Waals surface area contributed by atoms with Gasteiger partial charge in [0, 0.05) is 5.56 Å². The highest BCUT2D eigenvalue weighted by molar-refractivity contribution is 8.00. The average molecular weight is 407 g/mol. The second kappa shape index (κ2) is 6.89. The van der Waals surface area contributed by atoms with E-state index in [1.54, 1.807) is 29.9 Å². The summed E-state index contributed by atoms with van der Waals surface area (Å²) in [7, 11) is 1.64. The number of benzene rings is 1. The van der Waals surface area contributed by atoms with E-state index in [4.69, 9.17) is 9.84 Å². The van der Waals surface area contributed by atoms with Crippen molar-refractivity contribution in [3.8, 4) is 11.6 Å². The quantitative estimate of drug-likeness (QED) is 0.537. The number of nitrogens with one attached hydrogen (secondary N) is 2. The number of thioether (sulfide) groups is 1. The van der Waals surface area contributed by atoms with Crippen LogP contribution in [0.3, 0.4) is 0 Å². The van der Waals surface area contributed by atoms with E-state index in [0.717, 1.165) is 22.6 Å². The Labute approximate surface area is 169 Å². The van der Waals surface area contributed by atoms with Gasteiger partial charge >= 0.3 is 0 Å². The number of carbonyl (C=O) groups is 1. The van der Waals surface area contributed by atoms with Gasteiger partial charge in [0.2, 0.25) is 5.91 Å². The lowest BCUT2D eigenvalue weighted by Crippen LogP contribution is -2.16. The molecule has 10 heteroatoms. The Balaban J connectivity index is 1.72. The number of H-pyrrole nitrogens is 1. The predicted octanol–water partition coefficient (Wildman–Crippen LogP) is 2.63. The van der Waals surface area contributed by atoms with Crippen molar-refractivity contribution in [1.29, 1.82) is 0 Å². The molecule has 4 heterocycles. The van der Waals surface area contributed by atoms with Gasteiger partial charge in [-0.25, -0.2) is 15.0 Å². The number of ether oxygens (including phenoxy) is 1. The maximum absolute atomic E-state index is 12.5. The number of fused-ring (bicyclic) bond motifs is 2. The molecule has 1 amide bonds. The zero-order chi connectivity index (χ0) is 20.0. The van der Waals surface area contributed by atoms with Crippen LogP contribution in [0, 0.1) is 6.92 Å². The molecule has 0 saturated carbocycles. The summed E-state index contributed by atoms with van der Waals surface area (Å²) in [5.74, 6) is 2.17. The molecule has 5 rings (SSSR count). The van der Waals surface area contributed by atoms with Crippen molar-refractivity contribution in [3.63, 3.8) is 0 Å². The Morgan fingerprint density at radius 1 is 1.28 bits per heavy atom. The summed E-state index contributed by atoms with van der Waals surface area (Å²) in [6.45, 7) is 1.94. The highest BCUT2D eigenvalue weighted by Gasteiger charge is 2.31. The normalized spacial score (nSPS) is 16.3. The molecule has 3 aromatic heterocycles. The average Bonchev–Trinajstić information content (AvgIpc) is 3.29. The van der Waals surface area contributed by atoms with Gasteiger partial charge in [0.05, 0.1) is 30.1 Å². The van der Waals surface area contributed by atoms with Gasteiger partial charge in [-0.2, -0.15) is 9.78 Å². The molecular formula is C19H17N7O2S. The highest BCUT2D eigenvalue weighted by Crippen LogP contribution is 2.44. The van der Waals surface area contributed by atoms with Gasteiger partial charge in [-0.3, -0.25) is 4.79 Å². The summed E-state index contributed by atoms with van der Waals surface area (Å²) in [6, 6.07) is 7.88. The summed E-state index contributed by atoms with van der Waals surface area (Å²) in [6.07, 6.45) is 3.00. The number of nitrogens with zero attached hydrogens (tertiary/aromatic N) is 5. The topological polar surface area (TPSA) is 111 Å². The molecule has 4 aromatic rings. The summed E-state index contributed by atoms with van der Waals surface area (Å²) in [5, 5.41) is 7.64. The third-order valence-corrected chi connectivity index (χ3v) is 6.08. The van der Waals surface area contributed by atoms with Crippen LogP contribution < -0.4 is 10.1 Å². The lowest BCUT2D eigenvalue weighted by Gasteiger charge is -2.16. The molecule has 0 saturated heterocycles. The number of aromatic amines is 1. The fourth-order valence-corrected chi connectivity index (χ4v) is 4.70. The van der Waals surface area contributed by atoms with E-state index < -0.39 is 0 Å². The standard InChI is InChI=1S/C19H17N7O2S/c1-10-14-16(11-4-3-5-12(6-11)28-2)29-7-13(27)24-18(14)26(25-10)19-15-17(21-8-20-15)22-9-23-19/h3-6,8-9,16H,7H2,1-2H3,(H,24,27)(H,20,21,22,23). The molecular weight excluding hydrogens is 390 g/mol. The van der Waals surface area contributed by atoms with Gasteiger partial charge in [-0.05, 0) is 24.6 Å². The van der Waals surface area contributed by atoms with E-state index >= 15 is 0 Å². The smallest absolute Gasteiger partial charge is 0.235 e. The summed E-state index contributed by atoms with van der Waals surface area (Å²) in [4.78, 5) is 28.3. The maximum Gasteiger partial charge on any atom is 0.235 e. The molecule has 29 heavy (non-hydrogen) atoms. The van der Waals surface area contributed by atoms with Crippen molar-refractivity contribution < 1.29 is 9.53 Å². The predicted molar refractivity (Wildman–Crippen MR) is 109 cm³/mol. The molecule has 0 spiro atoms. The molecule has 0 aliphatic carbocycles. The van der Waals surface area contributed by atoms with Gasteiger partial charge in [-0.1, -0.05) is 12.1 Å². The maximum atomic E-state index is 12.5. The molecule has 9 nitrogen and oxygen atoms in total. The van der Waals surface area contributed by atoms with Crippen molar-refractivity contribution in [1.82, 2.24) is 29.7 Å². The first-order valence-electron chi connectivity index (χ1n) is 8.95. The molecule has 1 aromatic carbocycles. The fourth-order valence-electron chi connectivity index (χ4n) is 3.52. The monoisotopic (exact) mass is 407 g/mol. The van der Waals surface area contributed by atoms with Gasteiger partial charge in [0.15, 0.2) is 11.5 Å². The molecule has 1 atom stereocenters. The lowest BCUT2D eigenvalue weighted by atomic mass is 10.0. The molecule has 0 fully saturated rings. The van der Waals surface area contributed by atoms with Crippen molar-refractivity contribution in [2.24, 2.45) is 0 Å². The number of methoxy groups -OCH3 is 1. The minimum absolute atomic E-state index is 0.0769. The van der Waals surface area contributed by atoms with Crippen molar-refractivity contribution in [2.45, 2.75) is 12.2 Å². The van der Waals surface area contributed by atoms with E-state index in [9.17, 15) is 4.79 Å². The van der Waals surface area contributed by atoms with Crippen molar-refractivity contribution in [3.05, 3.63) is 53.7 Å². The number of imidazole rings is 1. The lowest BCUT2D eigenvalue weighted by molar-refractivity contribution is -0.113. The molecule has 1 unspecified atom stereocenters. The highest BCUT2D eigenvalue weighted by atomic mass is 32.2.